The number of carbonyl (C=O) groups is 2. The standard InChI is InChI=1S/C16H22O4/c1-9-4-6-13(10(2)15(17)18)14-8-11(16(19)20-3)5-7-12(9)14/h8,10,12-14H,1,4-7H2,2-3H3,(H,17,18)/t10-,12-,13+,14+/m1/s1. The van der Waals surface area contributed by atoms with Crippen molar-refractivity contribution in [2.24, 2.45) is 23.7 Å². The summed E-state index contributed by atoms with van der Waals surface area (Å²) in [4.78, 5) is 23.0. The Balaban J connectivity index is 2.30. The summed E-state index contributed by atoms with van der Waals surface area (Å²) in [5.74, 6) is -0.970. The van der Waals surface area contributed by atoms with Gasteiger partial charge in [0.2, 0.25) is 0 Å². The molecule has 110 valence electrons. The molecule has 0 aromatic heterocycles. The van der Waals surface area contributed by atoms with Crippen LogP contribution in [0.5, 0.6) is 0 Å². The number of rotatable bonds is 3. The predicted molar refractivity (Wildman–Crippen MR) is 75.0 cm³/mol. The van der Waals surface area contributed by atoms with Crippen molar-refractivity contribution in [1.29, 1.82) is 0 Å². The fraction of sp³-hybridized carbons (Fsp3) is 0.625. The Morgan fingerprint density at radius 2 is 2.10 bits per heavy atom. The van der Waals surface area contributed by atoms with Crippen LogP contribution in [0.1, 0.15) is 32.6 Å². The van der Waals surface area contributed by atoms with E-state index in [2.05, 4.69) is 6.58 Å². The van der Waals surface area contributed by atoms with Crippen LogP contribution in [-0.4, -0.2) is 24.2 Å². The highest BCUT2D eigenvalue weighted by Crippen LogP contribution is 2.47. The molecule has 2 aliphatic carbocycles. The van der Waals surface area contributed by atoms with Gasteiger partial charge in [-0.2, -0.15) is 0 Å². The van der Waals surface area contributed by atoms with Crippen molar-refractivity contribution in [3.63, 3.8) is 0 Å². The van der Waals surface area contributed by atoms with Crippen molar-refractivity contribution < 1.29 is 19.4 Å². The lowest BCUT2D eigenvalue weighted by atomic mass is 9.62. The maximum atomic E-state index is 11.7. The van der Waals surface area contributed by atoms with E-state index >= 15 is 0 Å². The first kappa shape index (κ1) is 14.8. The van der Waals surface area contributed by atoms with Crippen molar-refractivity contribution in [3.05, 3.63) is 23.8 Å². The molecular weight excluding hydrogens is 256 g/mol. The second-order valence-corrected chi connectivity index (χ2v) is 5.89. The number of ether oxygens (including phenoxy) is 1. The number of carboxylic acids is 1. The Kier molecular flexibility index (Phi) is 4.31. The Hall–Kier alpha value is -1.58. The Morgan fingerprint density at radius 1 is 1.40 bits per heavy atom. The van der Waals surface area contributed by atoms with E-state index in [1.807, 2.05) is 6.08 Å². The summed E-state index contributed by atoms with van der Waals surface area (Å²) in [5, 5.41) is 9.28. The summed E-state index contributed by atoms with van der Waals surface area (Å²) >= 11 is 0. The second kappa shape index (κ2) is 5.81. The molecule has 4 heteroatoms. The summed E-state index contributed by atoms with van der Waals surface area (Å²) in [6.45, 7) is 5.90. The quantitative estimate of drug-likeness (QED) is 0.637. The lowest BCUT2D eigenvalue weighted by Crippen LogP contribution is -2.37. The first-order valence-corrected chi connectivity index (χ1v) is 7.15. The SMILES string of the molecule is C=C1CC[C@@H]([C@@H](C)C(=O)O)[C@H]2C=C(C(=O)OC)CC[C@H]12. The van der Waals surface area contributed by atoms with Crippen molar-refractivity contribution in [1.82, 2.24) is 0 Å². The largest absolute Gasteiger partial charge is 0.481 e. The van der Waals surface area contributed by atoms with Crippen molar-refractivity contribution in [3.8, 4) is 0 Å². The van der Waals surface area contributed by atoms with Gasteiger partial charge in [0.05, 0.1) is 13.0 Å². The fourth-order valence-corrected chi connectivity index (χ4v) is 3.63. The summed E-state index contributed by atoms with van der Waals surface area (Å²) < 4.78 is 4.79. The number of hydrogen-bond acceptors (Lipinski definition) is 3. The highest BCUT2D eigenvalue weighted by Gasteiger charge is 2.41. The Bertz CT molecular complexity index is 463. The van der Waals surface area contributed by atoms with Crippen LogP contribution in [0.3, 0.4) is 0 Å². The van der Waals surface area contributed by atoms with Gasteiger partial charge < -0.3 is 9.84 Å². The van der Waals surface area contributed by atoms with Gasteiger partial charge in [-0.1, -0.05) is 25.2 Å². The molecule has 0 heterocycles. The molecule has 0 spiro atoms. The Labute approximate surface area is 119 Å². The van der Waals surface area contributed by atoms with Crippen LogP contribution in [0, 0.1) is 23.7 Å². The molecule has 1 saturated carbocycles. The molecule has 1 N–H and O–H groups in total. The van der Waals surface area contributed by atoms with Crippen molar-refractivity contribution >= 4 is 11.9 Å². The number of carbonyl (C=O) groups excluding carboxylic acids is 1. The molecule has 0 aliphatic heterocycles. The van der Waals surface area contributed by atoms with Gasteiger partial charge in [0.15, 0.2) is 0 Å². The minimum atomic E-state index is -0.764. The van der Waals surface area contributed by atoms with Gasteiger partial charge in [0.1, 0.15) is 0 Å². The summed E-state index contributed by atoms with van der Waals surface area (Å²) in [7, 11) is 1.38. The van der Waals surface area contributed by atoms with Crippen molar-refractivity contribution in [2.45, 2.75) is 32.6 Å². The molecule has 0 saturated heterocycles. The van der Waals surface area contributed by atoms with E-state index in [0.717, 1.165) is 19.3 Å². The van der Waals surface area contributed by atoms with Crippen LogP contribution < -0.4 is 0 Å². The smallest absolute Gasteiger partial charge is 0.333 e. The summed E-state index contributed by atoms with van der Waals surface area (Å²) in [6.07, 6.45) is 5.24. The van der Waals surface area contributed by atoms with Gasteiger partial charge in [-0.3, -0.25) is 4.79 Å². The molecule has 0 bridgehead atoms. The highest BCUT2D eigenvalue weighted by atomic mass is 16.5. The van der Waals surface area contributed by atoms with E-state index in [0.29, 0.717) is 17.9 Å². The van der Waals surface area contributed by atoms with Gasteiger partial charge in [-0.25, -0.2) is 4.79 Å². The van der Waals surface area contributed by atoms with Crippen LogP contribution in [0.4, 0.5) is 0 Å². The van der Waals surface area contributed by atoms with Gasteiger partial charge >= 0.3 is 11.9 Å². The number of hydrogen-bond donors (Lipinski definition) is 1. The van der Waals surface area contributed by atoms with Crippen LogP contribution >= 0.6 is 0 Å². The third-order valence-electron chi connectivity index (χ3n) is 4.88. The molecule has 2 rings (SSSR count). The first-order valence-electron chi connectivity index (χ1n) is 7.15. The first-order chi connectivity index (χ1) is 9.45. The van der Waals surface area contributed by atoms with Gasteiger partial charge in [0, 0.05) is 5.57 Å². The average molecular weight is 278 g/mol. The van der Waals surface area contributed by atoms with E-state index in [9.17, 15) is 14.7 Å². The van der Waals surface area contributed by atoms with Crippen LogP contribution in [0.15, 0.2) is 23.8 Å². The number of fused-ring (bicyclic) bond motifs is 1. The predicted octanol–water partition coefficient (Wildman–Crippen LogP) is 2.80. The number of aliphatic carboxylic acids is 1. The monoisotopic (exact) mass is 278 g/mol. The number of esters is 1. The van der Waals surface area contributed by atoms with E-state index in [-0.39, 0.29) is 17.8 Å². The minimum absolute atomic E-state index is 0.0722. The third kappa shape index (κ3) is 2.65. The third-order valence-corrected chi connectivity index (χ3v) is 4.88. The number of methoxy groups -OCH3 is 1. The molecule has 2 aliphatic rings. The summed E-state index contributed by atoms with van der Waals surface area (Å²) in [5.41, 5.74) is 1.88. The van der Waals surface area contributed by atoms with Crippen LogP contribution in [0.2, 0.25) is 0 Å². The maximum absolute atomic E-state index is 11.7. The average Bonchev–Trinajstić information content (AvgIpc) is 2.45. The maximum Gasteiger partial charge on any atom is 0.333 e. The molecule has 4 nitrogen and oxygen atoms in total. The lowest BCUT2D eigenvalue weighted by Gasteiger charge is -2.42. The van der Waals surface area contributed by atoms with Crippen molar-refractivity contribution in [2.75, 3.05) is 7.11 Å². The van der Waals surface area contributed by atoms with E-state index in [1.165, 1.54) is 12.7 Å². The topological polar surface area (TPSA) is 63.6 Å². The van der Waals surface area contributed by atoms with Gasteiger partial charge in [0.25, 0.3) is 0 Å². The molecule has 20 heavy (non-hydrogen) atoms. The summed E-state index contributed by atoms with van der Waals surface area (Å²) in [6, 6.07) is 0. The van der Waals surface area contributed by atoms with E-state index in [4.69, 9.17) is 4.74 Å². The molecule has 0 aromatic rings. The fourth-order valence-electron chi connectivity index (χ4n) is 3.63. The highest BCUT2D eigenvalue weighted by molar-refractivity contribution is 5.88. The minimum Gasteiger partial charge on any atom is -0.481 e. The van der Waals surface area contributed by atoms with Gasteiger partial charge in [-0.15, -0.1) is 0 Å². The van der Waals surface area contributed by atoms with Gasteiger partial charge in [-0.05, 0) is 43.4 Å². The molecule has 0 unspecified atom stereocenters. The Morgan fingerprint density at radius 3 is 2.70 bits per heavy atom. The number of allylic oxidation sites excluding steroid dienone is 2. The number of carboxylic acid groups (broad SMARTS) is 1. The van der Waals surface area contributed by atoms with E-state index in [1.54, 1.807) is 6.92 Å². The normalized spacial score (nSPS) is 31.0. The molecule has 0 radical (unpaired) electrons. The van der Waals surface area contributed by atoms with Crippen LogP contribution in [-0.2, 0) is 14.3 Å². The zero-order chi connectivity index (χ0) is 14.9. The zero-order valence-electron chi connectivity index (χ0n) is 12.1. The molecule has 0 aromatic carbocycles. The molecule has 1 fully saturated rings. The molecule has 4 atom stereocenters. The molecular formula is C16H22O4. The molecule has 0 amide bonds. The lowest BCUT2D eigenvalue weighted by molar-refractivity contribution is -0.144. The second-order valence-electron chi connectivity index (χ2n) is 5.89. The van der Waals surface area contributed by atoms with Crippen LogP contribution in [0.25, 0.3) is 0 Å². The van der Waals surface area contributed by atoms with E-state index < -0.39 is 11.9 Å². The zero-order valence-corrected chi connectivity index (χ0v) is 12.1.